The summed E-state index contributed by atoms with van der Waals surface area (Å²) < 4.78 is 0. The highest BCUT2D eigenvalue weighted by Crippen LogP contribution is 2.31. The van der Waals surface area contributed by atoms with E-state index in [0.717, 1.165) is 6.54 Å². The fourth-order valence-corrected chi connectivity index (χ4v) is 2.93. The molecule has 1 aromatic rings. The van der Waals surface area contributed by atoms with Crippen molar-refractivity contribution in [3.63, 3.8) is 0 Å². The van der Waals surface area contributed by atoms with Crippen molar-refractivity contribution in [3.05, 3.63) is 22.4 Å². The van der Waals surface area contributed by atoms with Crippen LogP contribution in [0.2, 0.25) is 0 Å². The fraction of sp³-hybridized carbons (Fsp3) is 0.556. The zero-order chi connectivity index (χ0) is 8.97. The van der Waals surface area contributed by atoms with Gasteiger partial charge in [-0.3, -0.25) is 0 Å². The summed E-state index contributed by atoms with van der Waals surface area (Å²) in [4.78, 5) is 0. The molecule has 1 heterocycles. The number of nitrogens with two attached hydrogens (primary N) is 1. The van der Waals surface area contributed by atoms with Gasteiger partial charge < -0.3 is 5.73 Å². The van der Waals surface area contributed by atoms with Gasteiger partial charge in [-0.05, 0) is 27.6 Å². The molecule has 1 aromatic heterocycles. The maximum Gasteiger partial charge on any atom is 0.0430 e. The van der Waals surface area contributed by atoms with Gasteiger partial charge in [0.15, 0.2) is 0 Å². The van der Waals surface area contributed by atoms with Crippen molar-refractivity contribution in [2.24, 2.45) is 5.73 Å². The molecule has 0 spiro atoms. The van der Waals surface area contributed by atoms with Crippen LogP contribution in [-0.2, 0) is 0 Å². The van der Waals surface area contributed by atoms with Crippen molar-refractivity contribution in [2.75, 3.05) is 6.54 Å². The van der Waals surface area contributed by atoms with Gasteiger partial charge in [-0.15, -0.1) is 11.8 Å². The minimum absolute atomic E-state index is 0.483. The zero-order valence-electron chi connectivity index (χ0n) is 7.49. The average Bonchev–Trinajstić information content (AvgIpc) is 2.51. The Bertz CT molecular complexity index is 206. The number of hydrogen-bond donors (Lipinski definition) is 1. The van der Waals surface area contributed by atoms with Crippen molar-refractivity contribution in [1.29, 1.82) is 0 Å². The lowest BCUT2D eigenvalue weighted by Gasteiger charge is -2.15. The normalized spacial score (nSPS) is 13.7. The first kappa shape index (κ1) is 10.1. The second-order valence-electron chi connectivity index (χ2n) is 2.97. The molecule has 1 unspecified atom stereocenters. The van der Waals surface area contributed by atoms with Crippen LogP contribution in [0.5, 0.6) is 0 Å². The first-order valence-corrected chi connectivity index (χ1v) is 6.00. The highest BCUT2D eigenvalue weighted by molar-refractivity contribution is 8.00. The zero-order valence-corrected chi connectivity index (χ0v) is 9.12. The Hall–Kier alpha value is 0.01000. The molecule has 0 radical (unpaired) electrons. The summed E-state index contributed by atoms with van der Waals surface area (Å²) in [5, 5.41) is 5.43. The Morgan fingerprint density at radius 1 is 1.58 bits per heavy atom. The molecule has 3 heteroatoms. The van der Waals surface area contributed by atoms with Gasteiger partial charge in [0.05, 0.1) is 0 Å². The van der Waals surface area contributed by atoms with Gasteiger partial charge in [0.2, 0.25) is 0 Å². The Kier molecular flexibility index (Phi) is 4.12. The molecule has 0 fully saturated rings. The Morgan fingerprint density at radius 2 is 2.33 bits per heavy atom. The fourth-order valence-electron chi connectivity index (χ4n) is 1.06. The van der Waals surface area contributed by atoms with Crippen LogP contribution in [0.4, 0.5) is 0 Å². The van der Waals surface area contributed by atoms with Crippen LogP contribution in [0.15, 0.2) is 16.8 Å². The summed E-state index contributed by atoms with van der Waals surface area (Å²) in [5.41, 5.74) is 7.07. The van der Waals surface area contributed by atoms with E-state index < -0.39 is 0 Å². The molecule has 0 aromatic carbocycles. The van der Waals surface area contributed by atoms with Gasteiger partial charge in [-0.25, -0.2) is 0 Å². The van der Waals surface area contributed by atoms with Crippen LogP contribution in [-0.4, -0.2) is 11.8 Å². The van der Waals surface area contributed by atoms with Crippen LogP contribution in [0.1, 0.15) is 24.7 Å². The lowest BCUT2D eigenvalue weighted by atomic mass is 10.2. The summed E-state index contributed by atoms with van der Waals surface area (Å²) in [6.07, 6.45) is 0. The van der Waals surface area contributed by atoms with E-state index in [1.165, 1.54) is 5.56 Å². The lowest BCUT2D eigenvalue weighted by molar-refractivity contribution is 0.933. The predicted octanol–water partition coefficient (Wildman–Crippen LogP) is 2.89. The Labute approximate surface area is 82.4 Å². The largest absolute Gasteiger partial charge is 0.329 e. The molecule has 2 N–H and O–H groups in total. The smallest absolute Gasteiger partial charge is 0.0430 e. The van der Waals surface area contributed by atoms with Crippen LogP contribution in [0, 0.1) is 0 Å². The molecular formula is C9H15NS2. The van der Waals surface area contributed by atoms with Crippen molar-refractivity contribution < 1.29 is 0 Å². The molecule has 0 aliphatic carbocycles. The van der Waals surface area contributed by atoms with Crippen LogP contribution in [0.3, 0.4) is 0 Å². The molecule has 1 rings (SSSR count). The molecule has 1 atom stereocenters. The monoisotopic (exact) mass is 201 g/mol. The van der Waals surface area contributed by atoms with Gasteiger partial charge in [0, 0.05) is 11.8 Å². The van der Waals surface area contributed by atoms with Gasteiger partial charge in [0.25, 0.3) is 0 Å². The number of hydrogen-bond acceptors (Lipinski definition) is 3. The van der Waals surface area contributed by atoms with Gasteiger partial charge >= 0.3 is 0 Å². The van der Waals surface area contributed by atoms with E-state index in [1.807, 2.05) is 11.8 Å². The van der Waals surface area contributed by atoms with Crippen molar-refractivity contribution >= 4 is 23.1 Å². The predicted molar refractivity (Wildman–Crippen MR) is 58.8 cm³/mol. The first-order valence-electron chi connectivity index (χ1n) is 4.11. The number of thiophene rings is 1. The van der Waals surface area contributed by atoms with E-state index in [2.05, 4.69) is 30.7 Å². The number of thioether (sulfide) groups is 1. The van der Waals surface area contributed by atoms with Crippen LogP contribution >= 0.6 is 23.1 Å². The molecular weight excluding hydrogens is 186 g/mol. The quantitative estimate of drug-likeness (QED) is 0.810. The van der Waals surface area contributed by atoms with E-state index >= 15 is 0 Å². The summed E-state index contributed by atoms with van der Waals surface area (Å²) in [7, 11) is 0. The van der Waals surface area contributed by atoms with Gasteiger partial charge in [-0.1, -0.05) is 13.8 Å². The third-order valence-electron chi connectivity index (χ3n) is 1.57. The van der Waals surface area contributed by atoms with Crippen molar-refractivity contribution in [2.45, 2.75) is 24.3 Å². The minimum Gasteiger partial charge on any atom is -0.329 e. The maximum absolute atomic E-state index is 5.70. The maximum atomic E-state index is 5.70. The molecule has 0 saturated carbocycles. The highest BCUT2D eigenvalue weighted by atomic mass is 32.2. The second kappa shape index (κ2) is 4.90. The van der Waals surface area contributed by atoms with E-state index in [4.69, 9.17) is 5.73 Å². The SMILES string of the molecule is CC(C)SC(CN)c1ccsc1. The Balaban J connectivity index is 2.57. The third kappa shape index (κ3) is 2.81. The standard InChI is InChI=1S/C9H15NS2/c1-7(2)12-9(5-10)8-3-4-11-6-8/h3-4,6-7,9H,5,10H2,1-2H3. The average molecular weight is 201 g/mol. The van der Waals surface area contributed by atoms with Crippen molar-refractivity contribution in [1.82, 2.24) is 0 Å². The van der Waals surface area contributed by atoms with E-state index in [0.29, 0.717) is 10.5 Å². The molecule has 12 heavy (non-hydrogen) atoms. The van der Waals surface area contributed by atoms with E-state index in [9.17, 15) is 0 Å². The molecule has 0 aliphatic rings. The number of rotatable bonds is 4. The Morgan fingerprint density at radius 3 is 2.75 bits per heavy atom. The first-order chi connectivity index (χ1) is 5.74. The summed E-state index contributed by atoms with van der Waals surface area (Å²) in [6, 6.07) is 2.16. The van der Waals surface area contributed by atoms with Crippen LogP contribution in [0.25, 0.3) is 0 Å². The molecule has 68 valence electrons. The summed E-state index contributed by atoms with van der Waals surface area (Å²) >= 11 is 3.68. The summed E-state index contributed by atoms with van der Waals surface area (Å²) in [6.45, 7) is 5.15. The van der Waals surface area contributed by atoms with Crippen molar-refractivity contribution in [3.8, 4) is 0 Å². The topological polar surface area (TPSA) is 26.0 Å². The van der Waals surface area contributed by atoms with E-state index in [1.54, 1.807) is 11.3 Å². The summed E-state index contributed by atoms with van der Waals surface area (Å²) in [5.74, 6) is 0. The van der Waals surface area contributed by atoms with Gasteiger partial charge in [0.1, 0.15) is 0 Å². The molecule has 0 aliphatic heterocycles. The minimum atomic E-state index is 0.483. The van der Waals surface area contributed by atoms with Gasteiger partial charge in [-0.2, -0.15) is 11.3 Å². The molecule has 1 nitrogen and oxygen atoms in total. The highest BCUT2D eigenvalue weighted by Gasteiger charge is 2.11. The molecule has 0 bridgehead atoms. The lowest BCUT2D eigenvalue weighted by Crippen LogP contribution is -2.10. The van der Waals surface area contributed by atoms with E-state index in [-0.39, 0.29) is 0 Å². The molecule has 0 saturated heterocycles. The molecule has 0 amide bonds. The van der Waals surface area contributed by atoms with Crippen LogP contribution < -0.4 is 5.73 Å². The third-order valence-corrected chi connectivity index (χ3v) is 3.60. The second-order valence-corrected chi connectivity index (χ2v) is 5.53.